The summed E-state index contributed by atoms with van der Waals surface area (Å²) in [4.78, 5) is 4.31. The molecule has 0 aliphatic carbocycles. The molecule has 0 radical (unpaired) electrons. The molecule has 1 unspecified atom stereocenters. The number of fused-ring (bicyclic) bond motifs is 1. The molecule has 4 heteroatoms. The van der Waals surface area contributed by atoms with Crippen LogP contribution in [-0.2, 0) is 0 Å². The second kappa shape index (κ2) is 6.41. The number of aromatic nitrogens is 1. The van der Waals surface area contributed by atoms with Crippen LogP contribution < -0.4 is 5.32 Å². The van der Waals surface area contributed by atoms with E-state index in [4.69, 9.17) is 4.42 Å². The van der Waals surface area contributed by atoms with Gasteiger partial charge in [-0.05, 0) is 49.7 Å². The summed E-state index contributed by atoms with van der Waals surface area (Å²) in [6.07, 6.45) is 2.16. The van der Waals surface area contributed by atoms with Crippen molar-refractivity contribution in [3.63, 3.8) is 0 Å². The highest BCUT2D eigenvalue weighted by Crippen LogP contribution is 2.29. The van der Waals surface area contributed by atoms with Gasteiger partial charge in [0, 0.05) is 5.56 Å². The first-order chi connectivity index (χ1) is 10.3. The van der Waals surface area contributed by atoms with Crippen LogP contribution in [0.2, 0.25) is 0 Å². The standard InChI is InChI=1S/C17H20N2OS/c1-3-9-18-13(4-2)16-8-7-15(20-16)12-5-6-14-17(10-12)21-11-19-14/h5-8,10-11,13,18H,3-4,9H2,1-2H3. The average molecular weight is 300 g/mol. The van der Waals surface area contributed by atoms with Crippen LogP contribution in [0.15, 0.2) is 40.3 Å². The zero-order valence-corrected chi connectivity index (χ0v) is 13.2. The van der Waals surface area contributed by atoms with Crippen LogP contribution in [-0.4, -0.2) is 11.5 Å². The number of nitrogens with one attached hydrogen (secondary N) is 1. The van der Waals surface area contributed by atoms with Gasteiger partial charge in [-0.25, -0.2) is 4.98 Å². The Morgan fingerprint density at radius 1 is 1.24 bits per heavy atom. The third-order valence-electron chi connectivity index (χ3n) is 3.63. The predicted molar refractivity (Wildman–Crippen MR) is 88.6 cm³/mol. The number of hydrogen-bond donors (Lipinski definition) is 1. The van der Waals surface area contributed by atoms with Crippen molar-refractivity contribution in [2.24, 2.45) is 0 Å². The van der Waals surface area contributed by atoms with Crippen LogP contribution >= 0.6 is 11.3 Å². The smallest absolute Gasteiger partial charge is 0.134 e. The van der Waals surface area contributed by atoms with Gasteiger partial charge in [0.2, 0.25) is 0 Å². The summed E-state index contributed by atoms with van der Waals surface area (Å²) in [6.45, 7) is 5.37. The highest BCUT2D eigenvalue weighted by Gasteiger charge is 2.14. The number of furan rings is 1. The summed E-state index contributed by atoms with van der Waals surface area (Å²) in [5.74, 6) is 1.95. The average Bonchev–Trinajstić information content (AvgIpc) is 3.16. The Morgan fingerprint density at radius 3 is 2.95 bits per heavy atom. The third kappa shape index (κ3) is 3.01. The zero-order valence-electron chi connectivity index (χ0n) is 12.4. The van der Waals surface area contributed by atoms with Crippen molar-refractivity contribution in [2.75, 3.05) is 6.54 Å². The molecule has 0 aliphatic rings. The van der Waals surface area contributed by atoms with Crippen molar-refractivity contribution < 1.29 is 4.42 Å². The van der Waals surface area contributed by atoms with Gasteiger partial charge in [0.1, 0.15) is 11.5 Å². The van der Waals surface area contributed by atoms with Gasteiger partial charge in [-0.2, -0.15) is 0 Å². The van der Waals surface area contributed by atoms with E-state index < -0.39 is 0 Å². The molecule has 0 amide bonds. The van der Waals surface area contributed by atoms with Gasteiger partial charge in [0.25, 0.3) is 0 Å². The minimum absolute atomic E-state index is 0.297. The van der Waals surface area contributed by atoms with Gasteiger partial charge in [-0.1, -0.05) is 13.8 Å². The van der Waals surface area contributed by atoms with Crippen molar-refractivity contribution in [3.05, 3.63) is 41.6 Å². The van der Waals surface area contributed by atoms with Crippen LogP contribution in [0.1, 0.15) is 38.5 Å². The van der Waals surface area contributed by atoms with E-state index >= 15 is 0 Å². The Balaban J connectivity index is 1.86. The lowest BCUT2D eigenvalue weighted by Gasteiger charge is -2.13. The van der Waals surface area contributed by atoms with Crippen molar-refractivity contribution in [3.8, 4) is 11.3 Å². The van der Waals surface area contributed by atoms with Crippen LogP contribution in [0.5, 0.6) is 0 Å². The number of rotatable bonds is 6. The van der Waals surface area contributed by atoms with Crippen LogP contribution in [0.25, 0.3) is 21.5 Å². The molecule has 110 valence electrons. The van der Waals surface area contributed by atoms with Crippen molar-refractivity contribution in [1.82, 2.24) is 10.3 Å². The number of benzene rings is 1. The summed E-state index contributed by atoms with van der Waals surface area (Å²) in [5.41, 5.74) is 4.04. The van der Waals surface area contributed by atoms with Gasteiger partial charge >= 0.3 is 0 Å². The van der Waals surface area contributed by atoms with E-state index in [-0.39, 0.29) is 0 Å². The molecule has 2 aromatic heterocycles. The maximum atomic E-state index is 6.07. The van der Waals surface area contributed by atoms with E-state index in [0.717, 1.165) is 42.0 Å². The fourth-order valence-electron chi connectivity index (χ4n) is 2.47. The minimum atomic E-state index is 0.297. The Hall–Kier alpha value is -1.65. The number of hydrogen-bond acceptors (Lipinski definition) is 4. The molecule has 3 nitrogen and oxygen atoms in total. The first-order valence-electron chi connectivity index (χ1n) is 7.48. The maximum absolute atomic E-state index is 6.07. The lowest BCUT2D eigenvalue weighted by atomic mass is 10.1. The molecule has 2 heterocycles. The monoisotopic (exact) mass is 300 g/mol. The molecule has 0 aliphatic heterocycles. The highest BCUT2D eigenvalue weighted by molar-refractivity contribution is 7.16. The fraction of sp³-hybridized carbons (Fsp3) is 0.353. The Kier molecular flexibility index (Phi) is 4.36. The molecule has 21 heavy (non-hydrogen) atoms. The zero-order chi connectivity index (χ0) is 14.7. The molecule has 0 saturated carbocycles. The first-order valence-corrected chi connectivity index (χ1v) is 8.36. The molecule has 3 aromatic rings. The predicted octanol–water partition coefficient (Wildman–Crippen LogP) is 5.01. The van der Waals surface area contributed by atoms with Crippen molar-refractivity contribution in [1.29, 1.82) is 0 Å². The quantitative estimate of drug-likeness (QED) is 0.695. The molecular weight excluding hydrogens is 280 g/mol. The molecule has 3 rings (SSSR count). The Morgan fingerprint density at radius 2 is 2.14 bits per heavy atom. The van der Waals surface area contributed by atoms with E-state index in [1.54, 1.807) is 11.3 Å². The van der Waals surface area contributed by atoms with Crippen molar-refractivity contribution >= 4 is 21.6 Å². The molecule has 1 aromatic carbocycles. The molecule has 1 N–H and O–H groups in total. The highest BCUT2D eigenvalue weighted by atomic mass is 32.1. The summed E-state index contributed by atoms with van der Waals surface area (Å²) < 4.78 is 7.26. The Labute approximate surface area is 129 Å². The lowest BCUT2D eigenvalue weighted by molar-refractivity contribution is 0.411. The summed E-state index contributed by atoms with van der Waals surface area (Å²) in [7, 11) is 0. The van der Waals surface area contributed by atoms with Gasteiger partial charge in [0.05, 0.1) is 21.8 Å². The maximum Gasteiger partial charge on any atom is 0.134 e. The summed E-state index contributed by atoms with van der Waals surface area (Å²) in [6, 6.07) is 10.7. The second-order valence-electron chi connectivity index (χ2n) is 5.15. The normalized spacial score (nSPS) is 12.9. The van der Waals surface area contributed by atoms with E-state index in [9.17, 15) is 0 Å². The van der Waals surface area contributed by atoms with Crippen molar-refractivity contribution in [2.45, 2.75) is 32.7 Å². The second-order valence-corrected chi connectivity index (χ2v) is 6.04. The van der Waals surface area contributed by atoms with Gasteiger partial charge in [0.15, 0.2) is 0 Å². The van der Waals surface area contributed by atoms with Crippen LogP contribution in [0.3, 0.4) is 0 Å². The van der Waals surface area contributed by atoms with E-state index in [1.165, 1.54) is 4.70 Å². The third-order valence-corrected chi connectivity index (χ3v) is 4.43. The minimum Gasteiger partial charge on any atom is -0.459 e. The molecule has 0 spiro atoms. The number of nitrogens with zero attached hydrogens (tertiary/aromatic N) is 1. The SMILES string of the molecule is CCCNC(CC)c1ccc(-c2ccc3ncsc3c2)o1. The molecule has 0 bridgehead atoms. The molecular formula is C17H20N2OS. The summed E-state index contributed by atoms with van der Waals surface area (Å²) in [5, 5.41) is 3.52. The Bertz CT molecular complexity index is 716. The molecule has 0 saturated heterocycles. The summed E-state index contributed by atoms with van der Waals surface area (Å²) >= 11 is 1.66. The van der Waals surface area contributed by atoms with E-state index in [0.29, 0.717) is 6.04 Å². The van der Waals surface area contributed by atoms with Crippen LogP contribution in [0.4, 0.5) is 0 Å². The van der Waals surface area contributed by atoms with E-state index in [2.05, 4.69) is 54.5 Å². The topological polar surface area (TPSA) is 38.1 Å². The lowest BCUT2D eigenvalue weighted by Crippen LogP contribution is -2.20. The van der Waals surface area contributed by atoms with Gasteiger partial charge < -0.3 is 9.73 Å². The number of thiazole rings is 1. The van der Waals surface area contributed by atoms with Crippen LogP contribution in [0, 0.1) is 0 Å². The van der Waals surface area contributed by atoms with E-state index in [1.807, 2.05) is 5.51 Å². The fourth-order valence-corrected chi connectivity index (χ4v) is 3.18. The van der Waals surface area contributed by atoms with Gasteiger partial charge in [-0.15, -0.1) is 11.3 Å². The molecule has 1 atom stereocenters. The largest absolute Gasteiger partial charge is 0.459 e. The molecule has 0 fully saturated rings. The van der Waals surface area contributed by atoms with Gasteiger partial charge in [-0.3, -0.25) is 0 Å². The first kappa shape index (κ1) is 14.3.